The van der Waals surface area contributed by atoms with Gasteiger partial charge in [0.2, 0.25) is 0 Å². The van der Waals surface area contributed by atoms with E-state index in [2.05, 4.69) is 20.5 Å². The number of halogens is 1. The molecule has 1 aromatic rings. The second-order valence-corrected chi connectivity index (χ2v) is 5.25. The number of pyridine rings is 1. The number of amides is 1. The molecule has 0 aromatic carbocycles. The molecule has 5 nitrogen and oxygen atoms in total. The number of nitrogens with one attached hydrogen (secondary N) is 2. The molecule has 0 atom stereocenters. The van der Waals surface area contributed by atoms with Crippen LogP contribution < -0.4 is 10.6 Å². The molecule has 1 aromatic heterocycles. The van der Waals surface area contributed by atoms with Gasteiger partial charge in [0.05, 0.1) is 5.56 Å². The first-order chi connectivity index (χ1) is 10.2. The van der Waals surface area contributed by atoms with Gasteiger partial charge >= 0.3 is 0 Å². The fraction of sp³-hybridized carbons (Fsp3) is 0.600. The molecule has 0 bridgehead atoms. The molecule has 1 aliphatic rings. The van der Waals surface area contributed by atoms with Gasteiger partial charge in [-0.1, -0.05) is 6.92 Å². The molecule has 0 spiro atoms. The summed E-state index contributed by atoms with van der Waals surface area (Å²) in [7, 11) is 0. The summed E-state index contributed by atoms with van der Waals surface area (Å²) in [6.45, 7) is 6.15. The number of hydrogen-bond donors (Lipinski definition) is 2. The van der Waals surface area contributed by atoms with E-state index in [-0.39, 0.29) is 17.3 Å². The maximum absolute atomic E-state index is 14.2. The Kier molecular flexibility index (Phi) is 5.92. The fourth-order valence-corrected chi connectivity index (χ4v) is 2.41. The largest absolute Gasteiger partial charge is 0.368 e. The smallest absolute Gasteiger partial charge is 0.254 e. The molecule has 2 heterocycles. The van der Waals surface area contributed by atoms with Crippen LogP contribution in [0, 0.1) is 5.82 Å². The molecule has 0 radical (unpaired) electrons. The van der Waals surface area contributed by atoms with E-state index in [0.717, 1.165) is 26.1 Å². The Balaban J connectivity index is 1.88. The van der Waals surface area contributed by atoms with Crippen molar-refractivity contribution in [2.45, 2.75) is 26.2 Å². The molecule has 21 heavy (non-hydrogen) atoms. The quantitative estimate of drug-likeness (QED) is 0.806. The van der Waals surface area contributed by atoms with Gasteiger partial charge in [0, 0.05) is 25.8 Å². The normalized spacial score (nSPS) is 15.1. The van der Waals surface area contributed by atoms with E-state index in [9.17, 15) is 9.18 Å². The van der Waals surface area contributed by atoms with Crippen LogP contribution >= 0.6 is 0 Å². The summed E-state index contributed by atoms with van der Waals surface area (Å²) in [5, 5.41) is 5.66. The standard InChI is InChI=1S/C15H23FN4O/c1-2-6-17-14-13(16)12(5-7-18-14)15(21)19-8-11-20-9-3-4-10-20/h5,7H,2-4,6,8-11H2,1H3,(H,17,18)(H,19,21). The Morgan fingerprint density at radius 2 is 2.14 bits per heavy atom. The van der Waals surface area contributed by atoms with Crippen LogP contribution in [-0.4, -0.2) is 48.5 Å². The Morgan fingerprint density at radius 1 is 1.38 bits per heavy atom. The van der Waals surface area contributed by atoms with Gasteiger partial charge in [-0.15, -0.1) is 0 Å². The number of carbonyl (C=O) groups is 1. The van der Waals surface area contributed by atoms with Gasteiger partial charge in [0.1, 0.15) is 0 Å². The highest BCUT2D eigenvalue weighted by Gasteiger charge is 2.16. The van der Waals surface area contributed by atoms with Crippen molar-refractivity contribution in [1.82, 2.24) is 15.2 Å². The summed E-state index contributed by atoms with van der Waals surface area (Å²) in [4.78, 5) is 18.3. The lowest BCUT2D eigenvalue weighted by atomic mass is 10.2. The number of likely N-dealkylation sites (tertiary alicyclic amines) is 1. The molecular formula is C15H23FN4O. The molecular weight excluding hydrogens is 271 g/mol. The van der Waals surface area contributed by atoms with Crippen molar-refractivity contribution in [2.24, 2.45) is 0 Å². The van der Waals surface area contributed by atoms with Crippen LogP contribution in [0.25, 0.3) is 0 Å². The first-order valence-electron chi connectivity index (χ1n) is 7.61. The first kappa shape index (κ1) is 15.7. The number of carbonyl (C=O) groups excluding carboxylic acids is 1. The summed E-state index contributed by atoms with van der Waals surface area (Å²) in [6, 6.07) is 1.41. The minimum Gasteiger partial charge on any atom is -0.368 e. The highest BCUT2D eigenvalue weighted by atomic mass is 19.1. The molecule has 1 amide bonds. The Bertz CT molecular complexity index is 475. The summed E-state index contributed by atoms with van der Waals surface area (Å²) >= 11 is 0. The van der Waals surface area contributed by atoms with Crippen molar-refractivity contribution in [3.8, 4) is 0 Å². The summed E-state index contributed by atoms with van der Waals surface area (Å²) in [5.41, 5.74) is 0.0463. The van der Waals surface area contributed by atoms with Crippen molar-refractivity contribution in [3.63, 3.8) is 0 Å². The molecule has 1 aliphatic heterocycles. The van der Waals surface area contributed by atoms with Crippen LogP contribution in [0.15, 0.2) is 12.3 Å². The van der Waals surface area contributed by atoms with E-state index in [4.69, 9.17) is 0 Å². The molecule has 116 valence electrons. The molecule has 2 N–H and O–H groups in total. The highest BCUT2D eigenvalue weighted by molar-refractivity contribution is 5.95. The zero-order valence-electron chi connectivity index (χ0n) is 12.5. The lowest BCUT2D eigenvalue weighted by Gasteiger charge is -2.15. The molecule has 0 saturated carbocycles. The topological polar surface area (TPSA) is 57.3 Å². The summed E-state index contributed by atoms with van der Waals surface area (Å²) < 4.78 is 14.2. The van der Waals surface area contributed by atoms with Crippen LogP contribution in [0.4, 0.5) is 10.2 Å². The SMILES string of the molecule is CCCNc1nccc(C(=O)NCCN2CCCC2)c1F. The first-order valence-corrected chi connectivity index (χ1v) is 7.61. The summed E-state index contributed by atoms with van der Waals surface area (Å²) in [5.74, 6) is -0.817. The number of nitrogens with zero attached hydrogens (tertiary/aromatic N) is 2. The van der Waals surface area contributed by atoms with Gasteiger partial charge in [-0.05, 0) is 38.4 Å². The van der Waals surface area contributed by atoms with Gasteiger partial charge in [-0.25, -0.2) is 9.37 Å². The molecule has 1 fully saturated rings. The second kappa shape index (κ2) is 7.93. The number of aromatic nitrogens is 1. The predicted molar refractivity (Wildman–Crippen MR) is 81.0 cm³/mol. The monoisotopic (exact) mass is 294 g/mol. The van der Waals surface area contributed by atoms with Crippen molar-refractivity contribution in [1.29, 1.82) is 0 Å². The molecule has 0 aliphatic carbocycles. The van der Waals surface area contributed by atoms with Crippen molar-refractivity contribution in [2.75, 3.05) is 38.0 Å². The Morgan fingerprint density at radius 3 is 2.86 bits per heavy atom. The second-order valence-electron chi connectivity index (χ2n) is 5.25. The predicted octanol–water partition coefficient (Wildman–Crippen LogP) is 1.87. The maximum atomic E-state index is 14.2. The average molecular weight is 294 g/mol. The van der Waals surface area contributed by atoms with Crippen LogP contribution in [-0.2, 0) is 0 Å². The number of rotatable bonds is 7. The number of hydrogen-bond acceptors (Lipinski definition) is 4. The van der Waals surface area contributed by atoms with E-state index in [1.807, 2.05) is 6.92 Å². The van der Waals surface area contributed by atoms with Crippen LogP contribution in [0.2, 0.25) is 0 Å². The lowest BCUT2D eigenvalue weighted by Crippen LogP contribution is -2.34. The van der Waals surface area contributed by atoms with Crippen LogP contribution in [0.1, 0.15) is 36.5 Å². The van der Waals surface area contributed by atoms with E-state index in [1.54, 1.807) is 0 Å². The Labute approximate surface area is 124 Å². The highest BCUT2D eigenvalue weighted by Crippen LogP contribution is 2.15. The van der Waals surface area contributed by atoms with E-state index < -0.39 is 5.82 Å². The third kappa shape index (κ3) is 4.39. The van der Waals surface area contributed by atoms with Crippen molar-refractivity contribution >= 4 is 11.7 Å². The van der Waals surface area contributed by atoms with Crippen LogP contribution in [0.5, 0.6) is 0 Å². The van der Waals surface area contributed by atoms with Gasteiger partial charge in [-0.3, -0.25) is 4.79 Å². The molecule has 1 saturated heterocycles. The fourth-order valence-electron chi connectivity index (χ4n) is 2.41. The third-order valence-electron chi connectivity index (χ3n) is 3.59. The zero-order valence-corrected chi connectivity index (χ0v) is 12.5. The van der Waals surface area contributed by atoms with Gasteiger partial charge in [0.25, 0.3) is 5.91 Å². The minimum atomic E-state index is -0.579. The Hall–Kier alpha value is -1.69. The van der Waals surface area contributed by atoms with E-state index in [0.29, 0.717) is 13.1 Å². The van der Waals surface area contributed by atoms with E-state index in [1.165, 1.54) is 25.1 Å². The number of anilines is 1. The van der Waals surface area contributed by atoms with Gasteiger partial charge in [-0.2, -0.15) is 0 Å². The average Bonchev–Trinajstić information content (AvgIpc) is 2.99. The van der Waals surface area contributed by atoms with Gasteiger partial charge < -0.3 is 15.5 Å². The molecule has 6 heteroatoms. The van der Waals surface area contributed by atoms with Crippen molar-refractivity contribution < 1.29 is 9.18 Å². The third-order valence-corrected chi connectivity index (χ3v) is 3.59. The van der Waals surface area contributed by atoms with Crippen molar-refractivity contribution in [3.05, 3.63) is 23.6 Å². The van der Waals surface area contributed by atoms with Crippen LogP contribution in [0.3, 0.4) is 0 Å². The lowest BCUT2D eigenvalue weighted by molar-refractivity contribution is 0.0945. The van der Waals surface area contributed by atoms with E-state index >= 15 is 0 Å². The minimum absolute atomic E-state index is 0.0463. The zero-order chi connectivity index (χ0) is 15.1. The van der Waals surface area contributed by atoms with Gasteiger partial charge in [0.15, 0.2) is 11.6 Å². The molecule has 0 unspecified atom stereocenters. The maximum Gasteiger partial charge on any atom is 0.254 e. The summed E-state index contributed by atoms with van der Waals surface area (Å²) in [6.07, 6.45) is 4.77. The molecule has 2 rings (SSSR count).